The minimum absolute atomic E-state index is 0.00853. The van der Waals surface area contributed by atoms with E-state index in [1.165, 1.54) is 6.08 Å². The Morgan fingerprint density at radius 2 is 1.73 bits per heavy atom. The number of ether oxygens (including phenoxy) is 4. The van der Waals surface area contributed by atoms with Crippen molar-refractivity contribution in [3.63, 3.8) is 0 Å². The Kier molecular flexibility index (Phi) is 11.7. The Balaban J connectivity index is 1.34. The van der Waals surface area contributed by atoms with Crippen LogP contribution in [0, 0.1) is 5.92 Å². The summed E-state index contributed by atoms with van der Waals surface area (Å²) in [5.41, 5.74) is 5.18. The molecule has 48 heavy (non-hydrogen) atoms. The van der Waals surface area contributed by atoms with E-state index < -0.39 is 18.0 Å². The Morgan fingerprint density at radius 3 is 2.42 bits per heavy atom. The number of aliphatic hydroxyl groups excluding tert-OH is 1. The average molecular weight is 657 g/mol. The summed E-state index contributed by atoms with van der Waals surface area (Å²) >= 11 is 0. The van der Waals surface area contributed by atoms with Crippen molar-refractivity contribution in [2.45, 2.75) is 83.8 Å². The lowest BCUT2D eigenvalue weighted by Crippen LogP contribution is -2.48. The van der Waals surface area contributed by atoms with Gasteiger partial charge in [0.15, 0.2) is 6.29 Å². The zero-order valence-electron chi connectivity index (χ0n) is 28.4. The molecular weight excluding hydrogens is 608 g/mol. The van der Waals surface area contributed by atoms with Gasteiger partial charge in [0, 0.05) is 24.6 Å². The predicted octanol–water partition coefficient (Wildman–Crippen LogP) is 6.86. The van der Waals surface area contributed by atoms with Crippen molar-refractivity contribution >= 4 is 12.1 Å². The molecule has 2 saturated heterocycles. The molecule has 0 saturated carbocycles. The fourth-order valence-electron chi connectivity index (χ4n) is 6.29. The maximum Gasteiger partial charge on any atom is 0.407 e. The van der Waals surface area contributed by atoms with Gasteiger partial charge in [0.05, 0.1) is 18.8 Å². The smallest absolute Gasteiger partial charge is 0.407 e. The SMILES string of the molecule is C=CCOC(=O)NCc1cccc(-c2ccc([C@@H]3O[C@H](CN4CCC[C@H]4C(=O)OC(C)(C)C)[C@H](C)[C@H](c4ccc(CO)cc4)O3)cc2)c1. The number of alkyl carbamates (subject to hydrolysis) is 1. The van der Waals surface area contributed by atoms with E-state index in [-0.39, 0.29) is 43.4 Å². The molecule has 0 aromatic heterocycles. The molecular formula is C39H48N2O7. The quantitative estimate of drug-likeness (QED) is 0.170. The molecule has 2 aliphatic rings. The summed E-state index contributed by atoms with van der Waals surface area (Å²) in [5.74, 6) is -0.193. The highest BCUT2D eigenvalue weighted by atomic mass is 16.7. The van der Waals surface area contributed by atoms with Crippen molar-refractivity contribution in [3.8, 4) is 11.1 Å². The number of nitrogens with one attached hydrogen (secondary N) is 1. The van der Waals surface area contributed by atoms with E-state index in [2.05, 4.69) is 23.7 Å². The molecule has 5 atom stereocenters. The molecule has 9 heteroatoms. The largest absolute Gasteiger partial charge is 0.459 e. The fraction of sp³-hybridized carbons (Fsp3) is 0.436. The molecule has 3 aromatic carbocycles. The predicted molar refractivity (Wildman–Crippen MR) is 184 cm³/mol. The maximum atomic E-state index is 13.1. The highest BCUT2D eigenvalue weighted by Gasteiger charge is 2.42. The topological polar surface area (TPSA) is 107 Å². The number of hydrogen-bond donors (Lipinski definition) is 2. The van der Waals surface area contributed by atoms with E-state index in [1.54, 1.807) is 0 Å². The number of aliphatic hydroxyl groups is 1. The third-order valence-electron chi connectivity index (χ3n) is 8.79. The molecule has 2 N–H and O–H groups in total. The molecule has 3 aromatic rings. The van der Waals surface area contributed by atoms with Crippen LogP contribution in [0.3, 0.4) is 0 Å². The number of rotatable bonds is 11. The highest BCUT2D eigenvalue weighted by Crippen LogP contribution is 2.42. The number of amides is 1. The van der Waals surface area contributed by atoms with Gasteiger partial charge in [0.1, 0.15) is 18.2 Å². The number of nitrogens with zero attached hydrogens (tertiary/aromatic N) is 1. The Hall–Kier alpha value is -4.02. The molecule has 9 nitrogen and oxygen atoms in total. The summed E-state index contributed by atoms with van der Waals surface area (Å²) < 4.78 is 24.2. The first-order chi connectivity index (χ1) is 23.0. The summed E-state index contributed by atoms with van der Waals surface area (Å²) in [6, 6.07) is 23.7. The van der Waals surface area contributed by atoms with Crippen molar-refractivity contribution in [1.82, 2.24) is 10.2 Å². The van der Waals surface area contributed by atoms with Crippen molar-refractivity contribution in [1.29, 1.82) is 0 Å². The number of hydrogen-bond acceptors (Lipinski definition) is 8. The van der Waals surface area contributed by atoms with Crippen LogP contribution in [0.1, 0.15) is 75.2 Å². The van der Waals surface area contributed by atoms with Gasteiger partial charge in [-0.2, -0.15) is 0 Å². The normalized spacial score (nSPS) is 23.0. The van der Waals surface area contributed by atoms with Crippen LogP contribution in [-0.4, -0.2) is 59.5 Å². The van der Waals surface area contributed by atoms with E-state index in [4.69, 9.17) is 18.9 Å². The van der Waals surface area contributed by atoms with Crippen LogP contribution in [0.15, 0.2) is 85.5 Å². The van der Waals surface area contributed by atoms with Gasteiger partial charge in [-0.25, -0.2) is 4.79 Å². The third kappa shape index (κ3) is 9.11. The van der Waals surface area contributed by atoms with Crippen LogP contribution in [0.4, 0.5) is 4.79 Å². The van der Waals surface area contributed by atoms with Crippen molar-refractivity contribution < 1.29 is 33.6 Å². The monoisotopic (exact) mass is 656 g/mol. The van der Waals surface area contributed by atoms with E-state index in [0.717, 1.165) is 52.8 Å². The molecule has 0 unspecified atom stereocenters. The molecule has 256 valence electrons. The first-order valence-electron chi connectivity index (χ1n) is 16.7. The average Bonchev–Trinajstić information content (AvgIpc) is 3.55. The third-order valence-corrected chi connectivity index (χ3v) is 8.79. The number of carbonyl (C=O) groups excluding carboxylic acids is 2. The summed E-state index contributed by atoms with van der Waals surface area (Å²) in [6.07, 6.45) is 1.64. The second kappa shape index (κ2) is 15.9. The minimum Gasteiger partial charge on any atom is -0.459 e. The van der Waals surface area contributed by atoms with Crippen LogP contribution >= 0.6 is 0 Å². The van der Waals surface area contributed by atoms with Gasteiger partial charge in [-0.3, -0.25) is 9.69 Å². The van der Waals surface area contributed by atoms with Crippen LogP contribution < -0.4 is 5.32 Å². The first kappa shape index (κ1) is 35.3. The van der Waals surface area contributed by atoms with E-state index in [9.17, 15) is 14.7 Å². The molecule has 1 amide bonds. The molecule has 2 fully saturated rings. The summed E-state index contributed by atoms with van der Waals surface area (Å²) in [4.78, 5) is 27.2. The van der Waals surface area contributed by atoms with Crippen LogP contribution in [0.2, 0.25) is 0 Å². The molecule has 2 heterocycles. The van der Waals surface area contributed by atoms with Gasteiger partial charge in [0.25, 0.3) is 0 Å². The van der Waals surface area contributed by atoms with Crippen molar-refractivity contribution in [3.05, 3.63) is 108 Å². The van der Waals surface area contributed by atoms with E-state index in [0.29, 0.717) is 13.1 Å². The van der Waals surface area contributed by atoms with Gasteiger partial charge >= 0.3 is 12.1 Å². The second-order valence-corrected chi connectivity index (χ2v) is 13.6. The van der Waals surface area contributed by atoms with Gasteiger partial charge in [-0.15, -0.1) is 0 Å². The molecule has 0 bridgehead atoms. The number of likely N-dealkylation sites (tertiary alicyclic amines) is 1. The lowest BCUT2D eigenvalue weighted by atomic mass is 9.89. The van der Waals surface area contributed by atoms with E-state index >= 15 is 0 Å². The van der Waals surface area contributed by atoms with Gasteiger partial charge in [-0.05, 0) is 74.0 Å². The Labute approximate surface area is 283 Å². The fourth-order valence-corrected chi connectivity index (χ4v) is 6.29. The van der Waals surface area contributed by atoms with Gasteiger partial charge in [-0.1, -0.05) is 86.3 Å². The van der Waals surface area contributed by atoms with Crippen LogP contribution in [-0.2, 0) is 36.9 Å². The summed E-state index contributed by atoms with van der Waals surface area (Å²) in [5, 5.41) is 12.4. The zero-order valence-corrected chi connectivity index (χ0v) is 28.4. The molecule has 0 spiro atoms. The minimum atomic E-state index is -0.623. The van der Waals surface area contributed by atoms with Gasteiger partial charge < -0.3 is 29.4 Å². The number of carbonyl (C=O) groups is 2. The Bertz CT molecular complexity index is 1530. The lowest BCUT2D eigenvalue weighted by molar-refractivity contribution is -0.276. The molecule has 5 rings (SSSR count). The van der Waals surface area contributed by atoms with Gasteiger partial charge in [0.2, 0.25) is 0 Å². The molecule has 0 aliphatic carbocycles. The van der Waals surface area contributed by atoms with Crippen LogP contribution in [0.25, 0.3) is 11.1 Å². The summed E-state index contributed by atoms with van der Waals surface area (Å²) in [7, 11) is 0. The molecule has 2 aliphatic heterocycles. The Morgan fingerprint density at radius 1 is 1.00 bits per heavy atom. The number of benzene rings is 3. The first-order valence-corrected chi connectivity index (χ1v) is 16.7. The molecule has 0 radical (unpaired) electrons. The maximum absolute atomic E-state index is 13.1. The van der Waals surface area contributed by atoms with Crippen LogP contribution in [0.5, 0.6) is 0 Å². The zero-order chi connectivity index (χ0) is 34.3. The van der Waals surface area contributed by atoms with Crippen molar-refractivity contribution in [2.75, 3.05) is 19.7 Å². The van der Waals surface area contributed by atoms with Crippen molar-refractivity contribution in [2.24, 2.45) is 5.92 Å². The highest BCUT2D eigenvalue weighted by molar-refractivity contribution is 5.76. The number of esters is 1. The standard InChI is InChI=1S/C39H48N2O7/c1-6-21-45-38(44)40-23-28-9-7-10-32(22-28)29-16-18-31(19-17-29)37-46-34(24-41-20-8-11-33(41)36(43)48-39(3,4)5)26(2)35(47-37)30-14-12-27(25-42)13-15-30/h6-7,9-10,12-19,22,26,33-35,37,42H,1,8,11,20-21,23-25H2,2-5H3,(H,40,44)/t26-,33-,34+,35+,37+/m0/s1. The summed E-state index contributed by atoms with van der Waals surface area (Å²) in [6.45, 7) is 13.2. The second-order valence-electron chi connectivity index (χ2n) is 13.6. The lowest BCUT2D eigenvalue weighted by Gasteiger charge is -2.43. The van der Waals surface area contributed by atoms with E-state index in [1.807, 2.05) is 93.6 Å².